The van der Waals surface area contributed by atoms with Crippen LogP contribution < -0.4 is 16.0 Å². The largest absolute Gasteiger partial charge is 0.321 e. The first-order valence-corrected chi connectivity index (χ1v) is 15.5. The zero-order valence-electron chi connectivity index (χ0n) is 22.9. The van der Waals surface area contributed by atoms with Crippen LogP contribution in [0.2, 0.25) is 5.02 Å². The highest BCUT2D eigenvalue weighted by Gasteiger charge is 2.16. The number of thioether (sulfide) groups is 1. The maximum Gasteiger partial charge on any atom is 0.272 e. The van der Waals surface area contributed by atoms with Crippen molar-refractivity contribution in [1.82, 2.24) is 10.3 Å². The molecule has 7 nitrogen and oxygen atoms in total. The van der Waals surface area contributed by atoms with Gasteiger partial charge in [-0.25, -0.2) is 9.37 Å². The number of aromatic nitrogens is 1. The number of anilines is 2. The number of carbonyl (C=O) groups excluding carboxylic acids is 3. The quantitative estimate of drug-likeness (QED) is 0.107. The Hall–Kier alpha value is -4.77. The van der Waals surface area contributed by atoms with E-state index >= 15 is 0 Å². The Bertz CT molecular complexity index is 1830. The van der Waals surface area contributed by atoms with Crippen LogP contribution in [0.4, 0.5) is 15.2 Å². The molecule has 220 valence electrons. The fourth-order valence-corrected chi connectivity index (χ4v) is 5.62. The van der Waals surface area contributed by atoms with Gasteiger partial charge in [-0.05, 0) is 72.3 Å². The lowest BCUT2D eigenvalue weighted by Gasteiger charge is -2.12. The van der Waals surface area contributed by atoms with Gasteiger partial charge in [0, 0.05) is 32.1 Å². The van der Waals surface area contributed by atoms with Crippen LogP contribution >= 0.6 is 34.7 Å². The van der Waals surface area contributed by atoms with E-state index in [2.05, 4.69) is 20.9 Å². The first-order chi connectivity index (χ1) is 21.3. The van der Waals surface area contributed by atoms with Gasteiger partial charge in [0.15, 0.2) is 5.13 Å². The lowest BCUT2D eigenvalue weighted by atomic mass is 10.1. The van der Waals surface area contributed by atoms with E-state index < -0.39 is 11.8 Å². The molecule has 3 N–H and O–H groups in total. The Morgan fingerprint density at radius 2 is 1.64 bits per heavy atom. The van der Waals surface area contributed by atoms with Crippen molar-refractivity contribution in [3.05, 3.63) is 136 Å². The molecule has 0 saturated heterocycles. The number of thiazole rings is 1. The molecule has 0 saturated carbocycles. The predicted octanol–water partition coefficient (Wildman–Crippen LogP) is 7.74. The van der Waals surface area contributed by atoms with Crippen molar-refractivity contribution in [2.24, 2.45) is 0 Å². The highest BCUT2D eigenvalue weighted by Crippen LogP contribution is 2.26. The predicted molar refractivity (Wildman–Crippen MR) is 175 cm³/mol. The molecule has 3 amide bonds. The molecule has 1 heterocycles. The Balaban J connectivity index is 1.23. The van der Waals surface area contributed by atoms with Gasteiger partial charge < -0.3 is 16.0 Å². The Labute approximate surface area is 266 Å². The third-order valence-corrected chi connectivity index (χ3v) is 8.18. The fourth-order valence-electron chi connectivity index (χ4n) is 3.94. The van der Waals surface area contributed by atoms with Crippen LogP contribution in [0, 0.1) is 5.82 Å². The molecule has 5 rings (SSSR count). The lowest BCUT2D eigenvalue weighted by Crippen LogP contribution is -2.30. The molecule has 44 heavy (non-hydrogen) atoms. The third kappa shape index (κ3) is 8.41. The van der Waals surface area contributed by atoms with Crippen LogP contribution in [0.1, 0.15) is 15.9 Å². The summed E-state index contributed by atoms with van der Waals surface area (Å²) < 4.78 is 13.2. The van der Waals surface area contributed by atoms with Crippen LogP contribution in [0.3, 0.4) is 0 Å². The van der Waals surface area contributed by atoms with Crippen molar-refractivity contribution in [2.45, 2.75) is 4.90 Å². The number of hydrogen-bond donors (Lipinski definition) is 3. The van der Waals surface area contributed by atoms with Crippen LogP contribution in [0.5, 0.6) is 0 Å². The molecule has 4 aromatic carbocycles. The zero-order valence-corrected chi connectivity index (χ0v) is 25.3. The molecule has 1 aromatic heterocycles. The molecule has 0 aliphatic rings. The van der Waals surface area contributed by atoms with E-state index in [0.717, 1.165) is 10.5 Å². The molecule has 0 bridgehead atoms. The van der Waals surface area contributed by atoms with E-state index in [-0.39, 0.29) is 23.2 Å². The topological polar surface area (TPSA) is 100 Å². The van der Waals surface area contributed by atoms with E-state index in [1.54, 1.807) is 90.3 Å². The lowest BCUT2D eigenvalue weighted by molar-refractivity contribution is -0.114. The Morgan fingerprint density at radius 3 is 2.41 bits per heavy atom. The smallest absolute Gasteiger partial charge is 0.272 e. The molecular weight excluding hydrogens is 619 g/mol. The number of benzene rings is 4. The highest BCUT2D eigenvalue weighted by molar-refractivity contribution is 8.00. The standard InChI is InChI=1S/C33H24ClFN4O3S2/c34-27-12-5-4-9-23(27)17-28(37-31(41)22-7-2-1-3-8-22)32(42)36-25-10-6-11-26(18-25)43-20-30(40)39-33-38-29(19-44-33)21-13-15-24(35)16-14-21/h1-19H,20H2,(H,36,42)(H,37,41)(H,38,39,40)/b28-17+. The average Bonchev–Trinajstić information content (AvgIpc) is 3.50. The van der Waals surface area contributed by atoms with E-state index in [9.17, 15) is 18.8 Å². The molecule has 0 unspecified atom stereocenters. The number of hydrogen-bond acceptors (Lipinski definition) is 6. The van der Waals surface area contributed by atoms with Crippen molar-refractivity contribution in [3.8, 4) is 11.3 Å². The maximum absolute atomic E-state index is 13.4. The minimum Gasteiger partial charge on any atom is -0.321 e. The summed E-state index contributed by atoms with van der Waals surface area (Å²) in [6.45, 7) is 0. The SMILES string of the molecule is O=C(CSc1cccc(NC(=O)/C(=C\c2ccccc2Cl)NC(=O)c2ccccc2)c1)Nc1nc(-c2ccc(F)cc2)cs1. The van der Waals surface area contributed by atoms with Crippen molar-refractivity contribution in [3.63, 3.8) is 0 Å². The molecular formula is C33H24ClFN4O3S2. The van der Waals surface area contributed by atoms with E-state index in [1.165, 1.54) is 41.3 Å². The van der Waals surface area contributed by atoms with Crippen LogP contribution in [0.15, 0.2) is 119 Å². The monoisotopic (exact) mass is 642 g/mol. The first-order valence-electron chi connectivity index (χ1n) is 13.2. The molecule has 0 aliphatic heterocycles. The van der Waals surface area contributed by atoms with E-state index in [4.69, 9.17) is 11.6 Å². The summed E-state index contributed by atoms with van der Waals surface area (Å²) in [5.74, 6) is -1.47. The number of carbonyl (C=O) groups is 3. The van der Waals surface area contributed by atoms with Crippen molar-refractivity contribution >= 4 is 69.3 Å². The Kier molecular flexibility index (Phi) is 10.2. The summed E-state index contributed by atoms with van der Waals surface area (Å²) in [5.41, 5.74) is 2.83. The minimum atomic E-state index is -0.546. The summed E-state index contributed by atoms with van der Waals surface area (Å²) in [6.07, 6.45) is 1.52. The van der Waals surface area contributed by atoms with Gasteiger partial charge in [0.1, 0.15) is 11.5 Å². The summed E-state index contributed by atoms with van der Waals surface area (Å²) in [4.78, 5) is 44.0. The second-order valence-electron chi connectivity index (χ2n) is 9.26. The van der Waals surface area contributed by atoms with E-state index in [0.29, 0.717) is 32.7 Å². The van der Waals surface area contributed by atoms with Crippen molar-refractivity contribution < 1.29 is 18.8 Å². The summed E-state index contributed by atoms with van der Waals surface area (Å²) >= 11 is 8.88. The Morgan fingerprint density at radius 1 is 0.886 bits per heavy atom. The minimum absolute atomic E-state index is 0.00726. The summed E-state index contributed by atoms with van der Waals surface area (Å²) in [5, 5.41) is 10.9. The van der Waals surface area contributed by atoms with Gasteiger partial charge in [0.05, 0.1) is 11.4 Å². The fraction of sp³-hybridized carbons (Fsp3) is 0.0303. The van der Waals surface area contributed by atoms with Gasteiger partial charge in [0.25, 0.3) is 11.8 Å². The summed E-state index contributed by atoms with van der Waals surface area (Å²) in [6, 6.07) is 28.5. The van der Waals surface area contributed by atoms with Gasteiger partial charge in [-0.3, -0.25) is 14.4 Å². The molecule has 0 aliphatic carbocycles. The van der Waals surface area contributed by atoms with Crippen molar-refractivity contribution in [1.29, 1.82) is 0 Å². The molecule has 0 radical (unpaired) electrons. The van der Waals surface area contributed by atoms with Gasteiger partial charge >= 0.3 is 0 Å². The number of amides is 3. The second-order valence-corrected chi connectivity index (χ2v) is 11.6. The van der Waals surface area contributed by atoms with Crippen LogP contribution in [-0.2, 0) is 9.59 Å². The number of nitrogens with zero attached hydrogens (tertiary/aromatic N) is 1. The zero-order chi connectivity index (χ0) is 30.9. The molecule has 11 heteroatoms. The highest BCUT2D eigenvalue weighted by atomic mass is 35.5. The molecule has 0 fully saturated rings. The van der Waals surface area contributed by atoms with Gasteiger partial charge in [-0.2, -0.15) is 0 Å². The molecule has 0 spiro atoms. The average molecular weight is 643 g/mol. The third-order valence-electron chi connectivity index (χ3n) is 6.09. The molecule has 5 aromatic rings. The summed E-state index contributed by atoms with van der Waals surface area (Å²) in [7, 11) is 0. The maximum atomic E-state index is 13.4. The first kappa shape index (κ1) is 30.7. The van der Waals surface area contributed by atoms with Gasteiger partial charge in [-0.15, -0.1) is 23.1 Å². The van der Waals surface area contributed by atoms with Crippen LogP contribution in [-0.4, -0.2) is 28.5 Å². The van der Waals surface area contributed by atoms with Gasteiger partial charge in [0.2, 0.25) is 5.91 Å². The second kappa shape index (κ2) is 14.6. The van der Waals surface area contributed by atoms with E-state index in [1.807, 2.05) is 6.07 Å². The normalized spacial score (nSPS) is 11.1. The number of nitrogens with one attached hydrogen (secondary N) is 3. The van der Waals surface area contributed by atoms with Gasteiger partial charge in [-0.1, -0.05) is 54.1 Å². The molecule has 0 atom stereocenters. The van der Waals surface area contributed by atoms with Crippen molar-refractivity contribution in [2.75, 3.05) is 16.4 Å². The number of rotatable bonds is 10. The number of halogens is 2. The van der Waals surface area contributed by atoms with Crippen LogP contribution in [0.25, 0.3) is 17.3 Å².